The maximum absolute atomic E-state index is 12.6. The van der Waals surface area contributed by atoms with Gasteiger partial charge in [0.1, 0.15) is 19.3 Å². The van der Waals surface area contributed by atoms with E-state index >= 15 is 0 Å². The molecule has 2 atom stereocenters. The molecule has 0 aromatic heterocycles. The van der Waals surface area contributed by atoms with Crippen molar-refractivity contribution in [2.45, 2.75) is 110 Å². The molecular formula is C40H68NO7P. The number of ether oxygens (including phenoxy) is 2. The van der Waals surface area contributed by atoms with Gasteiger partial charge in [0.15, 0.2) is 0 Å². The summed E-state index contributed by atoms with van der Waals surface area (Å²) in [6.07, 6.45) is 41.8. The van der Waals surface area contributed by atoms with Crippen LogP contribution in [-0.4, -0.2) is 70.7 Å². The fourth-order valence-corrected chi connectivity index (χ4v) is 4.88. The molecule has 0 aliphatic rings. The lowest BCUT2D eigenvalue weighted by molar-refractivity contribution is -0.870. The molecule has 0 rings (SSSR count). The van der Waals surface area contributed by atoms with Crippen LogP contribution in [0.15, 0.2) is 85.1 Å². The molecule has 0 saturated carbocycles. The first-order valence-electron chi connectivity index (χ1n) is 18.3. The second-order valence-electron chi connectivity index (χ2n) is 12.8. The van der Waals surface area contributed by atoms with E-state index in [1.807, 2.05) is 21.1 Å². The van der Waals surface area contributed by atoms with Gasteiger partial charge in [0.2, 0.25) is 0 Å². The maximum Gasteiger partial charge on any atom is 0.306 e. The molecule has 0 radical (unpaired) electrons. The quantitative estimate of drug-likeness (QED) is 0.0226. The number of carbonyl (C=O) groups excluding carboxylic acids is 1. The van der Waals surface area contributed by atoms with E-state index in [2.05, 4.69) is 98.9 Å². The molecule has 9 heteroatoms. The number of esters is 1. The lowest BCUT2D eigenvalue weighted by Gasteiger charge is -2.28. The average molecular weight is 706 g/mol. The number of allylic oxidation sites excluding steroid dienone is 14. The highest BCUT2D eigenvalue weighted by molar-refractivity contribution is 7.45. The smallest absolute Gasteiger partial charge is 0.306 e. The van der Waals surface area contributed by atoms with E-state index in [1.54, 1.807) is 0 Å². The molecule has 0 aromatic carbocycles. The molecule has 0 N–H and O–H groups in total. The zero-order chi connectivity index (χ0) is 36.3. The lowest BCUT2D eigenvalue weighted by Crippen LogP contribution is -2.37. The zero-order valence-corrected chi connectivity index (χ0v) is 32.2. The van der Waals surface area contributed by atoms with Crippen molar-refractivity contribution < 1.29 is 37.3 Å². The van der Waals surface area contributed by atoms with Crippen LogP contribution >= 0.6 is 7.82 Å². The van der Waals surface area contributed by atoms with Crippen molar-refractivity contribution in [1.29, 1.82) is 0 Å². The summed E-state index contributed by atoms with van der Waals surface area (Å²) in [6.45, 7) is 4.93. The van der Waals surface area contributed by atoms with Crippen molar-refractivity contribution in [2.24, 2.45) is 0 Å². The number of likely N-dealkylation sites (N-methyl/N-ethyl adjacent to an activating group) is 1. The van der Waals surface area contributed by atoms with Crippen molar-refractivity contribution in [3.8, 4) is 0 Å². The number of phosphoric acid groups is 1. The summed E-state index contributed by atoms with van der Waals surface area (Å²) in [6, 6.07) is 0. The Kier molecular flexibility index (Phi) is 31.3. The molecule has 8 nitrogen and oxygen atoms in total. The standard InChI is InChI=1S/C40H68NO7P/c1-6-8-10-12-14-16-18-20-22-24-26-28-30-32-35-45-37-39(38-47-49(43,44)46-36-34-41(3,4)5)48-40(42)33-31-29-27-25-23-21-19-17-15-13-11-9-7-2/h8-11,14-17,20-23,26,28,39H,6-7,12-13,18-19,24-25,27,29-38H2,1-5H3/b10-8-,11-9-,16-14-,17-15-,22-20-,23-21-,28-26-. The zero-order valence-electron chi connectivity index (χ0n) is 31.3. The second kappa shape index (κ2) is 32.9. The molecule has 0 fully saturated rings. The highest BCUT2D eigenvalue weighted by Gasteiger charge is 2.20. The first-order valence-corrected chi connectivity index (χ1v) is 19.8. The minimum absolute atomic E-state index is 0.00502. The molecule has 0 spiro atoms. The van der Waals surface area contributed by atoms with Gasteiger partial charge in [0.25, 0.3) is 7.82 Å². The molecule has 2 unspecified atom stereocenters. The molecular weight excluding hydrogens is 637 g/mol. The van der Waals surface area contributed by atoms with Gasteiger partial charge in [-0.15, -0.1) is 0 Å². The number of hydrogen-bond acceptors (Lipinski definition) is 7. The van der Waals surface area contributed by atoms with E-state index in [4.69, 9.17) is 18.5 Å². The first kappa shape index (κ1) is 46.7. The van der Waals surface area contributed by atoms with Gasteiger partial charge in [-0.3, -0.25) is 9.36 Å². The minimum atomic E-state index is -4.54. The normalized spacial score (nSPS) is 15.0. The van der Waals surface area contributed by atoms with Crippen LogP contribution < -0.4 is 4.89 Å². The van der Waals surface area contributed by atoms with E-state index in [1.165, 1.54) is 0 Å². The Morgan fingerprint density at radius 2 is 1.12 bits per heavy atom. The van der Waals surface area contributed by atoms with Gasteiger partial charge < -0.3 is 27.9 Å². The number of nitrogens with zero attached hydrogens (tertiary/aromatic N) is 1. The Labute approximate surface area is 299 Å². The van der Waals surface area contributed by atoms with Crippen LogP contribution in [0.5, 0.6) is 0 Å². The Hall–Kier alpha value is -2.32. The first-order chi connectivity index (χ1) is 23.6. The Balaban J connectivity index is 4.50. The van der Waals surface area contributed by atoms with E-state index in [0.29, 0.717) is 24.1 Å². The molecule has 0 aliphatic carbocycles. The summed E-state index contributed by atoms with van der Waals surface area (Å²) < 4.78 is 34.3. The van der Waals surface area contributed by atoms with E-state index < -0.39 is 13.9 Å². The summed E-state index contributed by atoms with van der Waals surface area (Å²) >= 11 is 0. The summed E-state index contributed by atoms with van der Waals surface area (Å²) in [7, 11) is 1.28. The second-order valence-corrected chi connectivity index (χ2v) is 14.2. The van der Waals surface area contributed by atoms with E-state index in [-0.39, 0.29) is 32.2 Å². The highest BCUT2D eigenvalue weighted by Crippen LogP contribution is 2.38. The summed E-state index contributed by atoms with van der Waals surface area (Å²) in [4.78, 5) is 24.9. The van der Waals surface area contributed by atoms with Gasteiger partial charge in [0, 0.05) is 13.0 Å². The maximum atomic E-state index is 12.6. The van der Waals surface area contributed by atoms with Crippen molar-refractivity contribution in [1.82, 2.24) is 0 Å². The number of quaternary nitrogens is 1. The Morgan fingerprint density at radius 1 is 0.633 bits per heavy atom. The largest absolute Gasteiger partial charge is 0.756 e. The van der Waals surface area contributed by atoms with Crippen LogP contribution in [-0.2, 0) is 27.9 Å². The Morgan fingerprint density at radius 3 is 1.63 bits per heavy atom. The van der Waals surface area contributed by atoms with Crippen LogP contribution in [0.1, 0.15) is 104 Å². The predicted molar refractivity (Wildman–Crippen MR) is 203 cm³/mol. The predicted octanol–water partition coefficient (Wildman–Crippen LogP) is 9.52. The van der Waals surface area contributed by atoms with Gasteiger partial charge in [-0.1, -0.05) is 105 Å². The summed E-state index contributed by atoms with van der Waals surface area (Å²) in [5.74, 6) is -0.388. The van der Waals surface area contributed by atoms with Gasteiger partial charge in [0.05, 0.1) is 34.4 Å². The number of unbranched alkanes of at least 4 members (excludes halogenated alkanes) is 4. The van der Waals surface area contributed by atoms with Crippen molar-refractivity contribution in [3.63, 3.8) is 0 Å². The monoisotopic (exact) mass is 705 g/mol. The van der Waals surface area contributed by atoms with Crippen LogP contribution in [0.2, 0.25) is 0 Å². The van der Waals surface area contributed by atoms with Gasteiger partial charge in [-0.05, 0) is 77.0 Å². The van der Waals surface area contributed by atoms with Crippen molar-refractivity contribution in [3.05, 3.63) is 85.1 Å². The fourth-order valence-electron chi connectivity index (χ4n) is 4.15. The van der Waals surface area contributed by atoms with Crippen LogP contribution in [0.25, 0.3) is 0 Å². The van der Waals surface area contributed by atoms with Gasteiger partial charge >= 0.3 is 5.97 Å². The minimum Gasteiger partial charge on any atom is -0.756 e. The summed E-state index contributed by atoms with van der Waals surface area (Å²) in [5.41, 5.74) is 0. The van der Waals surface area contributed by atoms with Crippen molar-refractivity contribution >= 4 is 13.8 Å². The third-order valence-electron chi connectivity index (χ3n) is 6.94. The molecule has 0 aliphatic heterocycles. The number of hydrogen-bond donors (Lipinski definition) is 0. The van der Waals surface area contributed by atoms with E-state index in [9.17, 15) is 14.3 Å². The van der Waals surface area contributed by atoms with Gasteiger partial charge in [-0.2, -0.15) is 0 Å². The molecule has 0 aromatic rings. The highest BCUT2D eigenvalue weighted by atomic mass is 31.2. The third kappa shape index (κ3) is 36.8. The van der Waals surface area contributed by atoms with E-state index in [0.717, 1.165) is 77.0 Å². The SMILES string of the molecule is CC/C=C\C/C=C\C/C=C\C/C=C\CCCOCC(COP(=O)([O-])OCC[N+](C)(C)C)OC(=O)CCCCC/C=C\C/C=C\C/C=C\CC. The van der Waals surface area contributed by atoms with Crippen LogP contribution in [0, 0.1) is 0 Å². The number of phosphoric ester groups is 1. The fraction of sp³-hybridized carbons (Fsp3) is 0.625. The van der Waals surface area contributed by atoms with Gasteiger partial charge in [-0.25, -0.2) is 0 Å². The van der Waals surface area contributed by atoms with Crippen LogP contribution in [0.3, 0.4) is 0 Å². The molecule has 0 bridgehead atoms. The number of rotatable bonds is 32. The molecule has 0 saturated heterocycles. The Bertz CT molecular complexity index is 1050. The third-order valence-corrected chi connectivity index (χ3v) is 7.91. The molecule has 0 amide bonds. The molecule has 280 valence electrons. The molecule has 49 heavy (non-hydrogen) atoms. The lowest BCUT2D eigenvalue weighted by atomic mass is 10.1. The number of carbonyl (C=O) groups is 1. The topological polar surface area (TPSA) is 94.1 Å². The van der Waals surface area contributed by atoms with Crippen LogP contribution in [0.4, 0.5) is 0 Å². The van der Waals surface area contributed by atoms with Crippen molar-refractivity contribution in [2.75, 3.05) is 54.1 Å². The molecule has 0 heterocycles. The average Bonchev–Trinajstić information content (AvgIpc) is 3.04. The summed E-state index contributed by atoms with van der Waals surface area (Å²) in [5, 5.41) is 0.